The van der Waals surface area contributed by atoms with E-state index < -0.39 is 29.9 Å². The second-order valence-electron chi connectivity index (χ2n) is 3.40. The topological polar surface area (TPSA) is 113 Å². The van der Waals surface area contributed by atoms with Crippen LogP contribution in [0.5, 0.6) is 11.6 Å². The van der Waals surface area contributed by atoms with Crippen LogP contribution < -0.4 is 9.47 Å². The van der Waals surface area contributed by atoms with Crippen molar-refractivity contribution in [2.45, 2.75) is 10.2 Å². The minimum Gasteiger partial charge on any atom is -0.489 e. The number of nitrogens with zero attached hydrogens (tertiary/aromatic N) is 2. The zero-order valence-corrected chi connectivity index (χ0v) is 11.8. The van der Waals surface area contributed by atoms with Crippen molar-refractivity contribution >= 4 is 19.7 Å². The van der Waals surface area contributed by atoms with Crippen molar-refractivity contribution in [3.8, 4) is 11.6 Å². The molecular formula is C8H12N2O6S2. The van der Waals surface area contributed by atoms with Crippen molar-refractivity contribution in [1.82, 2.24) is 9.97 Å². The average Bonchev–Trinajstić information content (AvgIpc) is 2.24. The van der Waals surface area contributed by atoms with E-state index in [1.807, 2.05) is 0 Å². The van der Waals surface area contributed by atoms with Gasteiger partial charge in [-0.2, -0.15) is 4.98 Å². The Bertz CT molecular complexity index is 665. The number of rotatable bonds is 4. The monoisotopic (exact) mass is 296 g/mol. The molecule has 102 valence electrons. The Balaban J connectivity index is 3.79. The quantitative estimate of drug-likeness (QED) is 0.529. The largest absolute Gasteiger partial charge is 0.489 e. The van der Waals surface area contributed by atoms with Crippen LogP contribution in [0.3, 0.4) is 0 Å². The highest BCUT2D eigenvalue weighted by Gasteiger charge is 2.26. The highest BCUT2D eigenvalue weighted by Crippen LogP contribution is 2.31. The lowest BCUT2D eigenvalue weighted by Crippen LogP contribution is -2.12. The minimum absolute atomic E-state index is 0.229. The van der Waals surface area contributed by atoms with Crippen molar-refractivity contribution in [1.29, 1.82) is 0 Å². The van der Waals surface area contributed by atoms with Crippen molar-refractivity contribution < 1.29 is 26.3 Å². The molecule has 0 atom stereocenters. The maximum absolute atomic E-state index is 11.5. The van der Waals surface area contributed by atoms with Crippen LogP contribution in [0.4, 0.5) is 0 Å². The summed E-state index contributed by atoms with van der Waals surface area (Å²) in [5, 5.41) is -1.17. The molecule has 1 aromatic heterocycles. The third-order valence-electron chi connectivity index (χ3n) is 1.86. The van der Waals surface area contributed by atoms with Gasteiger partial charge in [-0.3, -0.25) is 0 Å². The van der Waals surface area contributed by atoms with Crippen LogP contribution in [0.1, 0.15) is 0 Å². The van der Waals surface area contributed by atoms with Gasteiger partial charge < -0.3 is 9.47 Å². The Morgan fingerprint density at radius 2 is 1.44 bits per heavy atom. The van der Waals surface area contributed by atoms with Crippen LogP contribution in [-0.2, 0) is 19.7 Å². The molecule has 1 aromatic rings. The molecule has 0 fully saturated rings. The highest BCUT2D eigenvalue weighted by atomic mass is 32.2. The number of hydrogen-bond acceptors (Lipinski definition) is 8. The van der Waals surface area contributed by atoms with Crippen molar-refractivity contribution in [3.63, 3.8) is 0 Å². The van der Waals surface area contributed by atoms with Crippen LogP contribution in [0, 0.1) is 0 Å². The number of methoxy groups -OCH3 is 2. The molecule has 18 heavy (non-hydrogen) atoms. The molecule has 0 aliphatic heterocycles. The zero-order chi connectivity index (χ0) is 14.1. The van der Waals surface area contributed by atoms with Gasteiger partial charge in [-0.25, -0.2) is 21.8 Å². The van der Waals surface area contributed by atoms with Gasteiger partial charge in [0, 0.05) is 12.5 Å². The van der Waals surface area contributed by atoms with Crippen LogP contribution in [0.2, 0.25) is 0 Å². The first-order valence-corrected chi connectivity index (χ1v) is 8.29. The van der Waals surface area contributed by atoms with E-state index in [2.05, 4.69) is 9.97 Å². The predicted molar refractivity (Wildman–Crippen MR) is 61.4 cm³/mol. The van der Waals surface area contributed by atoms with Gasteiger partial charge in [0.1, 0.15) is 0 Å². The second-order valence-corrected chi connectivity index (χ2v) is 7.24. The summed E-state index contributed by atoms with van der Waals surface area (Å²) in [5.41, 5.74) is 0. The summed E-state index contributed by atoms with van der Waals surface area (Å²) in [5.74, 6) is -0.485. The fraction of sp³-hybridized carbons (Fsp3) is 0.500. The SMILES string of the molecule is COc1nc(S(C)(=O)=O)nc(S(C)(=O)=O)c1OC. The maximum Gasteiger partial charge on any atom is 0.262 e. The summed E-state index contributed by atoms with van der Waals surface area (Å²) in [4.78, 5) is 7.10. The summed E-state index contributed by atoms with van der Waals surface area (Å²) in [6, 6.07) is 0. The Morgan fingerprint density at radius 1 is 0.889 bits per heavy atom. The Morgan fingerprint density at radius 3 is 1.78 bits per heavy atom. The van der Waals surface area contributed by atoms with E-state index in [4.69, 9.17) is 9.47 Å². The highest BCUT2D eigenvalue weighted by molar-refractivity contribution is 7.91. The molecule has 0 N–H and O–H groups in total. The van der Waals surface area contributed by atoms with E-state index in [9.17, 15) is 16.8 Å². The van der Waals surface area contributed by atoms with Crippen molar-refractivity contribution in [3.05, 3.63) is 0 Å². The van der Waals surface area contributed by atoms with Gasteiger partial charge in [0.15, 0.2) is 9.84 Å². The average molecular weight is 296 g/mol. The predicted octanol–water partition coefficient (Wildman–Crippen LogP) is -0.699. The number of hydrogen-bond donors (Lipinski definition) is 0. The summed E-state index contributed by atoms with van der Waals surface area (Å²) >= 11 is 0. The minimum atomic E-state index is -3.78. The smallest absolute Gasteiger partial charge is 0.262 e. The van der Waals surface area contributed by atoms with Gasteiger partial charge in [-0.15, -0.1) is 0 Å². The molecule has 0 amide bonds. The number of aromatic nitrogens is 2. The van der Waals surface area contributed by atoms with E-state index in [1.54, 1.807) is 0 Å². The van der Waals surface area contributed by atoms with E-state index >= 15 is 0 Å². The molecule has 8 nitrogen and oxygen atoms in total. The van der Waals surface area contributed by atoms with Gasteiger partial charge in [0.25, 0.3) is 11.0 Å². The van der Waals surface area contributed by atoms with Crippen molar-refractivity contribution in [2.24, 2.45) is 0 Å². The maximum atomic E-state index is 11.5. The van der Waals surface area contributed by atoms with Crippen LogP contribution in [0.25, 0.3) is 0 Å². The third kappa shape index (κ3) is 2.88. The molecule has 0 bridgehead atoms. The fourth-order valence-electron chi connectivity index (χ4n) is 1.12. The van der Waals surface area contributed by atoms with Gasteiger partial charge in [-0.1, -0.05) is 0 Å². The molecule has 1 rings (SSSR count). The Labute approximate surface area is 105 Å². The second kappa shape index (κ2) is 4.69. The van der Waals surface area contributed by atoms with Gasteiger partial charge in [0.05, 0.1) is 14.2 Å². The lowest BCUT2D eigenvalue weighted by molar-refractivity contribution is 0.325. The van der Waals surface area contributed by atoms with Gasteiger partial charge >= 0.3 is 0 Å². The summed E-state index contributed by atoms with van der Waals surface area (Å²) in [6.45, 7) is 0. The fourth-order valence-corrected chi connectivity index (χ4v) is 2.45. The summed E-state index contributed by atoms with van der Waals surface area (Å²) in [7, 11) is -5.13. The third-order valence-corrected chi connectivity index (χ3v) is 3.69. The normalized spacial score (nSPS) is 12.2. The molecule has 0 spiro atoms. The number of sulfone groups is 2. The molecule has 0 aliphatic carbocycles. The zero-order valence-electron chi connectivity index (χ0n) is 10.2. The molecule has 10 heteroatoms. The van der Waals surface area contributed by atoms with Gasteiger partial charge in [0.2, 0.25) is 20.6 Å². The van der Waals surface area contributed by atoms with Crippen LogP contribution >= 0.6 is 0 Å². The summed E-state index contributed by atoms with van der Waals surface area (Å²) < 4.78 is 55.4. The summed E-state index contributed by atoms with van der Waals surface area (Å²) in [6.07, 6.45) is 1.74. The first-order chi connectivity index (χ1) is 8.11. The molecule has 0 unspecified atom stereocenters. The van der Waals surface area contributed by atoms with Crippen molar-refractivity contribution in [2.75, 3.05) is 26.7 Å². The van der Waals surface area contributed by atoms with E-state index in [-0.39, 0.29) is 11.6 Å². The van der Waals surface area contributed by atoms with Crippen LogP contribution in [-0.4, -0.2) is 53.5 Å². The Kier molecular flexibility index (Phi) is 3.81. The molecule has 0 saturated heterocycles. The lowest BCUT2D eigenvalue weighted by atomic mass is 10.5. The Hall–Kier alpha value is -1.42. The first kappa shape index (κ1) is 14.6. The van der Waals surface area contributed by atoms with Crippen LogP contribution in [0.15, 0.2) is 10.2 Å². The molecule has 0 radical (unpaired) electrons. The lowest BCUT2D eigenvalue weighted by Gasteiger charge is -2.10. The van der Waals surface area contributed by atoms with Gasteiger partial charge in [-0.05, 0) is 0 Å². The van der Waals surface area contributed by atoms with E-state index in [0.717, 1.165) is 12.5 Å². The molecular weight excluding hydrogens is 284 g/mol. The molecule has 0 aromatic carbocycles. The van der Waals surface area contributed by atoms with E-state index in [0.29, 0.717) is 0 Å². The number of ether oxygens (including phenoxy) is 2. The molecule has 0 saturated carbocycles. The molecule has 1 heterocycles. The standard InChI is InChI=1S/C8H12N2O6S2/c1-15-5-6(16-2)9-8(18(4,13)14)10-7(5)17(3,11)12/h1-4H3. The molecule has 0 aliphatic rings. The first-order valence-electron chi connectivity index (χ1n) is 4.51. The van der Waals surface area contributed by atoms with E-state index in [1.165, 1.54) is 14.2 Å².